The van der Waals surface area contributed by atoms with Crippen LogP contribution < -0.4 is 0 Å². The Hall–Kier alpha value is -2.63. The third kappa shape index (κ3) is 4.38. The highest BCUT2D eigenvalue weighted by atomic mass is 35.5. The number of aromatic nitrogens is 1. The summed E-state index contributed by atoms with van der Waals surface area (Å²) in [5.74, 6) is -0.371. The second kappa shape index (κ2) is 7.94. The minimum atomic E-state index is -1.67. The molecule has 6 heteroatoms. The number of aliphatic hydroxyl groups is 1. The van der Waals surface area contributed by atoms with Gasteiger partial charge in [0.15, 0.2) is 18.0 Å². The average molecular weight is 386 g/mol. The van der Waals surface area contributed by atoms with Crippen molar-refractivity contribution in [2.24, 2.45) is 0 Å². The van der Waals surface area contributed by atoms with Crippen molar-refractivity contribution in [3.63, 3.8) is 0 Å². The van der Waals surface area contributed by atoms with Gasteiger partial charge in [0.1, 0.15) is 0 Å². The highest BCUT2D eigenvalue weighted by Crippen LogP contribution is 2.29. The van der Waals surface area contributed by atoms with Crippen LogP contribution >= 0.6 is 11.6 Å². The number of hydrogen-bond donors (Lipinski definition) is 1. The number of halogens is 1. The molecule has 2 aromatic carbocycles. The van der Waals surface area contributed by atoms with E-state index in [9.17, 15) is 9.90 Å². The lowest BCUT2D eigenvalue weighted by atomic mass is 9.85. The highest BCUT2D eigenvalue weighted by molar-refractivity contribution is 6.30. The van der Waals surface area contributed by atoms with Gasteiger partial charge in [-0.05, 0) is 36.8 Å². The predicted octanol–water partition coefficient (Wildman–Crippen LogP) is 4.59. The first kappa shape index (κ1) is 19.1. The molecule has 140 valence electrons. The van der Waals surface area contributed by atoms with Crippen LogP contribution in [0, 0.1) is 0 Å². The van der Waals surface area contributed by atoms with Gasteiger partial charge in [0, 0.05) is 16.5 Å². The Morgan fingerprint density at radius 3 is 2.56 bits per heavy atom. The van der Waals surface area contributed by atoms with Crippen LogP contribution in [-0.2, 0) is 16.1 Å². The van der Waals surface area contributed by atoms with Gasteiger partial charge in [-0.3, -0.25) is 0 Å². The van der Waals surface area contributed by atoms with E-state index >= 15 is 0 Å². The second-order valence-electron chi connectivity index (χ2n) is 6.48. The third-order valence-corrected chi connectivity index (χ3v) is 4.82. The Morgan fingerprint density at radius 1 is 1.22 bits per heavy atom. The Kier molecular flexibility index (Phi) is 5.63. The molecule has 1 heterocycles. The zero-order valence-corrected chi connectivity index (χ0v) is 15.8. The Bertz CT molecular complexity index is 903. The molecular weight excluding hydrogens is 366 g/mol. The molecule has 3 rings (SSSR count). The molecule has 0 bridgehead atoms. The van der Waals surface area contributed by atoms with Crippen LogP contribution in [0.25, 0.3) is 11.3 Å². The van der Waals surface area contributed by atoms with Crippen molar-refractivity contribution >= 4 is 17.6 Å². The van der Waals surface area contributed by atoms with E-state index in [1.807, 2.05) is 42.5 Å². The van der Waals surface area contributed by atoms with Crippen molar-refractivity contribution in [1.29, 1.82) is 0 Å². The molecule has 1 aromatic heterocycles. The molecule has 3 aromatic rings. The normalized spacial score (nSPS) is 14.4. The molecule has 5 nitrogen and oxygen atoms in total. The van der Waals surface area contributed by atoms with Crippen LogP contribution in [0.5, 0.6) is 0 Å². The Labute approximate surface area is 162 Å². The predicted molar refractivity (Wildman–Crippen MR) is 102 cm³/mol. The standard InChI is InChI=1S/C21H20ClNO4/c1-14(15-6-4-3-5-7-15)21(2,25)20(24)26-13-19-23-12-18(27-19)16-8-10-17(22)11-9-16/h3-12,14,25H,13H2,1-2H3/t14-,21-/m1/s1. The van der Waals surface area contributed by atoms with Gasteiger partial charge in [-0.15, -0.1) is 0 Å². The van der Waals surface area contributed by atoms with Gasteiger partial charge < -0.3 is 14.3 Å². The average Bonchev–Trinajstić information content (AvgIpc) is 3.15. The summed E-state index contributed by atoms with van der Waals surface area (Å²) in [5.41, 5.74) is -0.0118. The molecule has 0 fully saturated rings. The van der Waals surface area contributed by atoms with Gasteiger partial charge in [0.2, 0.25) is 5.89 Å². The number of esters is 1. The van der Waals surface area contributed by atoms with E-state index in [4.69, 9.17) is 20.8 Å². The van der Waals surface area contributed by atoms with E-state index in [1.165, 1.54) is 6.92 Å². The summed E-state index contributed by atoms with van der Waals surface area (Å²) >= 11 is 5.87. The smallest absolute Gasteiger partial charge is 0.338 e. The van der Waals surface area contributed by atoms with Crippen molar-refractivity contribution in [2.45, 2.75) is 32.0 Å². The van der Waals surface area contributed by atoms with E-state index < -0.39 is 17.5 Å². The van der Waals surface area contributed by atoms with Crippen LogP contribution in [0.3, 0.4) is 0 Å². The Balaban J connectivity index is 1.64. The molecule has 0 aliphatic rings. The molecule has 0 unspecified atom stereocenters. The van der Waals surface area contributed by atoms with Crippen molar-refractivity contribution in [3.05, 3.63) is 77.3 Å². The first-order chi connectivity index (χ1) is 12.9. The first-order valence-corrected chi connectivity index (χ1v) is 8.91. The molecule has 0 aliphatic heterocycles. The van der Waals surface area contributed by atoms with Crippen LogP contribution in [0.2, 0.25) is 5.02 Å². The van der Waals surface area contributed by atoms with Crippen LogP contribution in [-0.4, -0.2) is 21.7 Å². The molecule has 0 saturated heterocycles. The van der Waals surface area contributed by atoms with Crippen molar-refractivity contribution in [2.75, 3.05) is 0 Å². The van der Waals surface area contributed by atoms with Gasteiger partial charge in [0.25, 0.3) is 0 Å². The van der Waals surface area contributed by atoms with E-state index in [0.717, 1.165) is 11.1 Å². The van der Waals surface area contributed by atoms with Crippen molar-refractivity contribution in [3.8, 4) is 11.3 Å². The molecule has 2 atom stereocenters. The summed E-state index contributed by atoms with van der Waals surface area (Å²) in [6, 6.07) is 16.4. The number of ether oxygens (including phenoxy) is 1. The first-order valence-electron chi connectivity index (χ1n) is 8.53. The lowest BCUT2D eigenvalue weighted by Gasteiger charge is -2.28. The summed E-state index contributed by atoms with van der Waals surface area (Å²) in [6.45, 7) is 3.06. The number of benzene rings is 2. The highest BCUT2D eigenvalue weighted by Gasteiger charge is 2.39. The van der Waals surface area contributed by atoms with Gasteiger partial charge in [-0.2, -0.15) is 0 Å². The maximum Gasteiger partial charge on any atom is 0.338 e. The summed E-state index contributed by atoms with van der Waals surface area (Å²) in [5, 5.41) is 11.3. The van der Waals surface area contributed by atoms with E-state index in [-0.39, 0.29) is 12.5 Å². The van der Waals surface area contributed by atoms with Crippen LogP contribution in [0.15, 0.2) is 65.2 Å². The van der Waals surface area contributed by atoms with E-state index in [0.29, 0.717) is 10.8 Å². The molecule has 0 aliphatic carbocycles. The fourth-order valence-corrected chi connectivity index (χ4v) is 2.77. The molecule has 27 heavy (non-hydrogen) atoms. The largest absolute Gasteiger partial charge is 0.454 e. The van der Waals surface area contributed by atoms with Crippen LogP contribution in [0.4, 0.5) is 0 Å². The van der Waals surface area contributed by atoms with Crippen molar-refractivity contribution < 1.29 is 19.1 Å². The molecule has 1 N–H and O–H groups in total. The van der Waals surface area contributed by atoms with Gasteiger partial charge >= 0.3 is 5.97 Å². The second-order valence-corrected chi connectivity index (χ2v) is 6.92. The minimum absolute atomic E-state index is 0.163. The summed E-state index contributed by atoms with van der Waals surface area (Å²) in [6.07, 6.45) is 1.55. The molecular formula is C21H20ClNO4. The summed E-state index contributed by atoms with van der Waals surface area (Å²) < 4.78 is 10.8. The topological polar surface area (TPSA) is 72.6 Å². The van der Waals surface area contributed by atoms with E-state index in [1.54, 1.807) is 25.3 Å². The lowest BCUT2D eigenvalue weighted by Crippen LogP contribution is -2.41. The summed E-state index contributed by atoms with van der Waals surface area (Å²) in [4.78, 5) is 16.5. The number of nitrogens with zero attached hydrogens (tertiary/aromatic N) is 1. The minimum Gasteiger partial charge on any atom is -0.454 e. The lowest BCUT2D eigenvalue weighted by molar-refractivity contribution is -0.167. The quantitative estimate of drug-likeness (QED) is 0.628. The monoisotopic (exact) mass is 385 g/mol. The SMILES string of the molecule is C[C@H](c1ccccc1)[C@@](C)(O)C(=O)OCc1ncc(-c2ccc(Cl)cc2)o1. The number of carbonyl (C=O) groups is 1. The Morgan fingerprint density at radius 2 is 1.89 bits per heavy atom. The maximum atomic E-state index is 12.4. The third-order valence-electron chi connectivity index (χ3n) is 4.57. The molecule has 0 spiro atoms. The molecule has 0 radical (unpaired) electrons. The van der Waals surface area contributed by atoms with Gasteiger partial charge in [0.05, 0.1) is 6.20 Å². The van der Waals surface area contributed by atoms with Gasteiger partial charge in [-0.25, -0.2) is 9.78 Å². The number of carbonyl (C=O) groups excluding carboxylic acids is 1. The fraction of sp³-hybridized carbons (Fsp3) is 0.238. The maximum absolute atomic E-state index is 12.4. The number of oxazole rings is 1. The summed E-state index contributed by atoms with van der Waals surface area (Å²) in [7, 11) is 0. The number of rotatable bonds is 6. The number of hydrogen-bond acceptors (Lipinski definition) is 5. The van der Waals surface area contributed by atoms with Crippen molar-refractivity contribution in [1.82, 2.24) is 4.98 Å². The zero-order valence-electron chi connectivity index (χ0n) is 15.1. The zero-order chi connectivity index (χ0) is 19.4. The fourth-order valence-electron chi connectivity index (χ4n) is 2.64. The molecule has 0 saturated carbocycles. The van der Waals surface area contributed by atoms with Gasteiger partial charge in [-0.1, -0.05) is 48.9 Å². The molecule has 0 amide bonds. The van der Waals surface area contributed by atoms with Crippen LogP contribution in [0.1, 0.15) is 31.2 Å². The van der Waals surface area contributed by atoms with E-state index in [2.05, 4.69) is 4.98 Å².